The molecule has 0 spiro atoms. The number of hydrogen-bond donors (Lipinski definition) is 4. The largest absolute Gasteiger partial charge is 0.508 e. The van der Waals surface area contributed by atoms with Gasteiger partial charge >= 0.3 is 0 Å². The van der Waals surface area contributed by atoms with E-state index in [-0.39, 0.29) is 11.5 Å². The van der Waals surface area contributed by atoms with Gasteiger partial charge in [0.2, 0.25) is 0 Å². The van der Waals surface area contributed by atoms with Crippen molar-refractivity contribution in [1.29, 1.82) is 0 Å². The van der Waals surface area contributed by atoms with Gasteiger partial charge in [-0.15, -0.1) is 0 Å². The highest BCUT2D eigenvalue weighted by Crippen LogP contribution is 2.24. The van der Waals surface area contributed by atoms with Gasteiger partial charge < -0.3 is 20.5 Å². The number of anilines is 1. The number of aromatic hydroxyl groups is 2. The van der Waals surface area contributed by atoms with Crippen molar-refractivity contribution in [1.82, 2.24) is 9.97 Å². The van der Waals surface area contributed by atoms with Gasteiger partial charge in [0.25, 0.3) is 0 Å². The van der Waals surface area contributed by atoms with E-state index in [1.165, 1.54) is 6.07 Å². The molecule has 3 rings (SSSR count). The van der Waals surface area contributed by atoms with Crippen molar-refractivity contribution in [3.8, 4) is 22.8 Å². The molecule has 0 radical (unpaired) electrons. The Balaban J connectivity index is 1.68. The van der Waals surface area contributed by atoms with Crippen molar-refractivity contribution in [2.45, 2.75) is 6.54 Å². The molecule has 1 heterocycles. The summed E-state index contributed by atoms with van der Waals surface area (Å²) < 4.78 is 0. The zero-order chi connectivity index (χ0) is 14.7. The molecular formula is C16H15N3O2. The first-order chi connectivity index (χ1) is 10.2. The van der Waals surface area contributed by atoms with Crippen LogP contribution < -0.4 is 5.32 Å². The maximum atomic E-state index is 9.73. The predicted octanol–water partition coefficient (Wildman–Crippen LogP) is 3.10. The first kappa shape index (κ1) is 13.1. The fourth-order valence-electron chi connectivity index (χ4n) is 2.08. The molecule has 0 amide bonds. The molecule has 0 saturated carbocycles. The molecule has 0 aliphatic heterocycles. The van der Waals surface area contributed by atoms with Crippen molar-refractivity contribution in [2.75, 3.05) is 5.32 Å². The van der Waals surface area contributed by atoms with E-state index in [4.69, 9.17) is 0 Å². The number of nitrogens with zero attached hydrogens (tertiary/aromatic N) is 1. The van der Waals surface area contributed by atoms with Crippen LogP contribution >= 0.6 is 0 Å². The Kier molecular flexibility index (Phi) is 3.47. The second kappa shape index (κ2) is 5.58. The topological polar surface area (TPSA) is 81.2 Å². The molecule has 3 aromatic rings. The molecular weight excluding hydrogens is 266 g/mol. The third-order valence-corrected chi connectivity index (χ3v) is 3.25. The minimum atomic E-state index is 0.0557. The Labute approximate surface area is 121 Å². The number of aromatic nitrogens is 2. The normalized spacial score (nSPS) is 10.5. The summed E-state index contributed by atoms with van der Waals surface area (Å²) in [6.45, 7) is 0.482. The van der Waals surface area contributed by atoms with Gasteiger partial charge in [0.05, 0.1) is 18.2 Å². The van der Waals surface area contributed by atoms with Crippen LogP contribution in [-0.2, 0) is 6.54 Å². The number of hydrogen-bond acceptors (Lipinski definition) is 4. The Bertz CT molecular complexity index is 722. The Morgan fingerprint density at radius 3 is 2.52 bits per heavy atom. The van der Waals surface area contributed by atoms with Crippen molar-refractivity contribution in [3.63, 3.8) is 0 Å². The Morgan fingerprint density at radius 1 is 1.05 bits per heavy atom. The first-order valence-electron chi connectivity index (χ1n) is 6.56. The molecule has 5 nitrogen and oxygen atoms in total. The van der Waals surface area contributed by atoms with Crippen molar-refractivity contribution in [2.24, 2.45) is 0 Å². The summed E-state index contributed by atoms with van der Waals surface area (Å²) in [6.07, 6.45) is 3.42. The van der Waals surface area contributed by atoms with Gasteiger partial charge in [0, 0.05) is 23.9 Å². The van der Waals surface area contributed by atoms with E-state index in [1.54, 1.807) is 24.7 Å². The van der Waals surface area contributed by atoms with Crippen molar-refractivity contribution >= 4 is 5.69 Å². The molecule has 0 saturated heterocycles. The molecule has 2 aromatic carbocycles. The highest BCUT2D eigenvalue weighted by atomic mass is 16.3. The van der Waals surface area contributed by atoms with Crippen LogP contribution in [0.4, 0.5) is 5.69 Å². The van der Waals surface area contributed by atoms with Crippen LogP contribution in [0, 0.1) is 0 Å². The highest BCUT2D eigenvalue weighted by Gasteiger charge is 2.03. The van der Waals surface area contributed by atoms with E-state index in [1.807, 2.05) is 24.3 Å². The quantitative estimate of drug-likeness (QED) is 0.592. The minimum absolute atomic E-state index is 0.0557. The number of phenolic OH excluding ortho intramolecular Hbond substituents is 2. The van der Waals surface area contributed by atoms with Crippen LogP contribution in [0.25, 0.3) is 11.3 Å². The number of H-pyrrole nitrogens is 1. The molecule has 0 unspecified atom stereocenters. The summed E-state index contributed by atoms with van der Waals surface area (Å²) in [6, 6.07) is 12.5. The molecule has 4 N–H and O–H groups in total. The SMILES string of the molecule is Oc1ccc(CNc2ccc(-c3cnc[nH]3)cc2)c(O)c1. The Hall–Kier alpha value is -2.95. The highest BCUT2D eigenvalue weighted by molar-refractivity contribution is 5.62. The summed E-state index contributed by atoms with van der Waals surface area (Å²) in [4.78, 5) is 7.05. The second-order valence-electron chi connectivity index (χ2n) is 4.71. The zero-order valence-corrected chi connectivity index (χ0v) is 11.2. The molecule has 0 aliphatic carbocycles. The minimum Gasteiger partial charge on any atom is -0.508 e. The number of rotatable bonds is 4. The van der Waals surface area contributed by atoms with Crippen LogP contribution in [0.1, 0.15) is 5.56 Å². The Morgan fingerprint density at radius 2 is 1.86 bits per heavy atom. The van der Waals surface area contributed by atoms with Gasteiger partial charge in [-0.1, -0.05) is 12.1 Å². The lowest BCUT2D eigenvalue weighted by atomic mass is 10.1. The molecule has 0 bridgehead atoms. The molecule has 0 aliphatic rings. The summed E-state index contributed by atoms with van der Waals surface area (Å²) in [5, 5.41) is 22.2. The summed E-state index contributed by atoms with van der Waals surface area (Å²) in [5.74, 6) is 0.136. The van der Waals surface area contributed by atoms with Gasteiger partial charge in [0.1, 0.15) is 11.5 Å². The van der Waals surface area contributed by atoms with Gasteiger partial charge in [-0.2, -0.15) is 0 Å². The number of benzene rings is 2. The number of aromatic amines is 1. The van der Waals surface area contributed by atoms with Gasteiger partial charge in [-0.3, -0.25) is 0 Å². The number of nitrogens with one attached hydrogen (secondary N) is 2. The average Bonchev–Trinajstić information content (AvgIpc) is 3.01. The number of imidazole rings is 1. The van der Waals surface area contributed by atoms with Crippen molar-refractivity contribution in [3.05, 3.63) is 60.6 Å². The predicted molar refractivity (Wildman–Crippen MR) is 81.1 cm³/mol. The molecule has 21 heavy (non-hydrogen) atoms. The second-order valence-corrected chi connectivity index (χ2v) is 4.71. The van der Waals surface area contributed by atoms with Gasteiger partial charge in [-0.25, -0.2) is 4.98 Å². The van der Waals surface area contributed by atoms with Crippen LogP contribution in [0.2, 0.25) is 0 Å². The van der Waals surface area contributed by atoms with E-state index in [2.05, 4.69) is 15.3 Å². The van der Waals surface area contributed by atoms with E-state index >= 15 is 0 Å². The van der Waals surface area contributed by atoms with E-state index in [9.17, 15) is 10.2 Å². The third kappa shape index (κ3) is 2.97. The lowest BCUT2D eigenvalue weighted by Crippen LogP contribution is -1.99. The fraction of sp³-hybridized carbons (Fsp3) is 0.0625. The lowest BCUT2D eigenvalue weighted by Gasteiger charge is -2.09. The van der Waals surface area contributed by atoms with Crippen LogP contribution in [-0.4, -0.2) is 20.2 Å². The van der Waals surface area contributed by atoms with Gasteiger partial charge in [0.15, 0.2) is 0 Å². The molecule has 106 valence electrons. The van der Waals surface area contributed by atoms with Crippen LogP contribution in [0.5, 0.6) is 11.5 Å². The molecule has 1 aromatic heterocycles. The third-order valence-electron chi connectivity index (χ3n) is 3.25. The summed E-state index contributed by atoms with van der Waals surface area (Å²) >= 11 is 0. The number of phenols is 2. The monoisotopic (exact) mass is 281 g/mol. The standard InChI is InChI=1S/C16H15N3O2/c20-14-6-3-12(16(21)7-14)8-18-13-4-1-11(2-5-13)15-9-17-10-19-15/h1-7,9-10,18,20-21H,8H2,(H,17,19). The maximum Gasteiger partial charge on any atom is 0.124 e. The van der Waals surface area contributed by atoms with Crippen LogP contribution in [0.15, 0.2) is 55.0 Å². The smallest absolute Gasteiger partial charge is 0.124 e. The summed E-state index contributed by atoms with van der Waals surface area (Å²) in [5.41, 5.74) is 3.71. The maximum absolute atomic E-state index is 9.73. The average molecular weight is 281 g/mol. The van der Waals surface area contributed by atoms with E-state index < -0.39 is 0 Å². The van der Waals surface area contributed by atoms with Gasteiger partial charge in [-0.05, 0) is 29.8 Å². The molecule has 5 heteroatoms. The molecule has 0 fully saturated rings. The van der Waals surface area contributed by atoms with Crippen molar-refractivity contribution < 1.29 is 10.2 Å². The lowest BCUT2D eigenvalue weighted by molar-refractivity contribution is 0.446. The van der Waals surface area contributed by atoms with Crippen LogP contribution in [0.3, 0.4) is 0 Å². The fourth-order valence-corrected chi connectivity index (χ4v) is 2.08. The van der Waals surface area contributed by atoms with E-state index in [0.29, 0.717) is 6.54 Å². The molecule has 0 atom stereocenters. The van der Waals surface area contributed by atoms with E-state index in [0.717, 1.165) is 22.5 Å². The summed E-state index contributed by atoms with van der Waals surface area (Å²) in [7, 11) is 0. The first-order valence-corrected chi connectivity index (χ1v) is 6.56. The zero-order valence-electron chi connectivity index (χ0n) is 11.2.